The zero-order chi connectivity index (χ0) is 18.6. The molecule has 3 heterocycles. The number of benzene rings is 1. The van der Waals surface area contributed by atoms with Crippen LogP contribution in [-0.4, -0.2) is 53.2 Å². The van der Waals surface area contributed by atoms with Gasteiger partial charge in [-0.25, -0.2) is 9.97 Å². The number of imidazole rings is 1. The lowest BCUT2D eigenvalue weighted by Crippen LogP contribution is -2.36. The fraction of sp³-hybridized carbons (Fsp3) is 0.455. The molecule has 0 unspecified atom stereocenters. The van der Waals surface area contributed by atoms with Crippen LogP contribution in [0, 0.1) is 0 Å². The smallest absolute Gasteiger partial charge is 0.136 e. The molecule has 1 aromatic carbocycles. The number of piperidine rings is 1. The number of hydrogen-bond donors (Lipinski definition) is 0. The molecule has 2 aromatic heterocycles. The summed E-state index contributed by atoms with van der Waals surface area (Å²) >= 11 is 0. The number of anilines is 1. The molecule has 142 valence electrons. The van der Waals surface area contributed by atoms with E-state index in [-0.39, 0.29) is 0 Å². The van der Waals surface area contributed by atoms with Crippen molar-refractivity contribution in [2.45, 2.75) is 31.7 Å². The quantitative estimate of drug-likeness (QED) is 0.668. The second-order valence-electron chi connectivity index (χ2n) is 7.78. The number of pyridine rings is 1. The molecule has 1 saturated heterocycles. The van der Waals surface area contributed by atoms with E-state index in [1.165, 1.54) is 29.4 Å². The lowest BCUT2D eigenvalue weighted by atomic mass is 9.96. The summed E-state index contributed by atoms with van der Waals surface area (Å²) in [6, 6.07) is 10.6. The first-order valence-corrected chi connectivity index (χ1v) is 9.97. The van der Waals surface area contributed by atoms with Gasteiger partial charge >= 0.3 is 0 Å². The van der Waals surface area contributed by atoms with Crippen molar-refractivity contribution >= 4 is 16.6 Å². The Morgan fingerprint density at radius 1 is 1.11 bits per heavy atom. The molecular weight excluding hydrogens is 334 g/mol. The fourth-order valence-electron chi connectivity index (χ4n) is 4.16. The highest BCUT2D eigenvalue weighted by Crippen LogP contribution is 2.31. The van der Waals surface area contributed by atoms with Crippen LogP contribution < -0.4 is 4.90 Å². The molecule has 0 bridgehead atoms. The summed E-state index contributed by atoms with van der Waals surface area (Å²) in [6.45, 7) is 4.20. The number of aryl methyl sites for hydroxylation is 1. The third kappa shape index (κ3) is 3.98. The van der Waals surface area contributed by atoms with Gasteiger partial charge in [0.25, 0.3) is 0 Å². The van der Waals surface area contributed by atoms with Crippen molar-refractivity contribution in [3.8, 4) is 0 Å². The molecule has 4 rings (SSSR count). The zero-order valence-electron chi connectivity index (χ0n) is 16.4. The maximum atomic E-state index is 4.73. The standard InChI is InChI=1S/C22H29N5/c1-25(2)13-6-15-26-16-12-24-21(26)19-8-5-14-27(17-19)22-20-9-4-3-7-18(20)10-11-23-22/h3-4,7,9-12,16,19H,5-6,8,13-15,17H2,1-2H3/t19-/m0/s1. The van der Waals surface area contributed by atoms with Crippen molar-refractivity contribution < 1.29 is 0 Å². The summed E-state index contributed by atoms with van der Waals surface area (Å²) in [4.78, 5) is 14.2. The third-order valence-electron chi connectivity index (χ3n) is 5.49. The van der Waals surface area contributed by atoms with E-state index >= 15 is 0 Å². The molecule has 0 spiro atoms. The number of nitrogens with zero attached hydrogens (tertiary/aromatic N) is 5. The predicted molar refractivity (Wildman–Crippen MR) is 111 cm³/mol. The summed E-state index contributed by atoms with van der Waals surface area (Å²) < 4.78 is 2.36. The van der Waals surface area contributed by atoms with Crippen LogP contribution in [0.2, 0.25) is 0 Å². The fourth-order valence-corrected chi connectivity index (χ4v) is 4.16. The molecule has 5 nitrogen and oxygen atoms in total. The Bertz CT molecular complexity index is 880. The average Bonchev–Trinajstić information content (AvgIpc) is 3.16. The average molecular weight is 364 g/mol. The van der Waals surface area contributed by atoms with Crippen molar-refractivity contribution in [2.24, 2.45) is 0 Å². The number of aromatic nitrogens is 3. The number of rotatable bonds is 6. The van der Waals surface area contributed by atoms with Crippen LogP contribution in [0.5, 0.6) is 0 Å². The van der Waals surface area contributed by atoms with E-state index in [1.807, 2.05) is 12.4 Å². The maximum Gasteiger partial charge on any atom is 0.136 e. The maximum absolute atomic E-state index is 4.73. The Balaban J connectivity index is 1.53. The van der Waals surface area contributed by atoms with Crippen molar-refractivity contribution in [2.75, 3.05) is 38.6 Å². The van der Waals surface area contributed by atoms with Crippen LogP contribution >= 0.6 is 0 Å². The highest BCUT2D eigenvalue weighted by molar-refractivity contribution is 5.92. The molecular formula is C22H29N5. The largest absolute Gasteiger partial charge is 0.355 e. The van der Waals surface area contributed by atoms with E-state index in [9.17, 15) is 0 Å². The van der Waals surface area contributed by atoms with Gasteiger partial charge in [0, 0.05) is 49.5 Å². The van der Waals surface area contributed by atoms with Gasteiger partial charge in [0.2, 0.25) is 0 Å². The highest BCUT2D eigenvalue weighted by atomic mass is 15.2. The molecule has 1 fully saturated rings. The second-order valence-corrected chi connectivity index (χ2v) is 7.78. The first kappa shape index (κ1) is 18.0. The van der Waals surface area contributed by atoms with E-state index in [0.717, 1.165) is 38.4 Å². The van der Waals surface area contributed by atoms with Crippen molar-refractivity contribution in [1.29, 1.82) is 0 Å². The summed E-state index contributed by atoms with van der Waals surface area (Å²) in [5, 5.41) is 2.50. The van der Waals surface area contributed by atoms with E-state index in [4.69, 9.17) is 9.97 Å². The molecule has 1 atom stereocenters. The monoisotopic (exact) mass is 363 g/mol. The SMILES string of the molecule is CN(C)CCCn1ccnc1[C@H]1CCCN(c2nccc3ccccc23)C1. The van der Waals surface area contributed by atoms with Gasteiger partial charge in [-0.3, -0.25) is 0 Å². The van der Waals surface area contributed by atoms with Crippen molar-refractivity contribution in [3.05, 3.63) is 54.7 Å². The Labute approximate surface area is 161 Å². The minimum Gasteiger partial charge on any atom is -0.355 e. The Morgan fingerprint density at radius 3 is 2.89 bits per heavy atom. The topological polar surface area (TPSA) is 37.2 Å². The zero-order valence-corrected chi connectivity index (χ0v) is 16.4. The van der Waals surface area contributed by atoms with Crippen LogP contribution in [0.4, 0.5) is 5.82 Å². The Morgan fingerprint density at radius 2 is 2.00 bits per heavy atom. The molecule has 27 heavy (non-hydrogen) atoms. The normalized spacial score (nSPS) is 17.7. The molecule has 5 heteroatoms. The van der Waals surface area contributed by atoms with Crippen LogP contribution in [0.15, 0.2) is 48.9 Å². The summed E-state index contributed by atoms with van der Waals surface area (Å²) in [5.41, 5.74) is 0. The van der Waals surface area contributed by atoms with Gasteiger partial charge in [-0.2, -0.15) is 0 Å². The van der Waals surface area contributed by atoms with Gasteiger partial charge < -0.3 is 14.4 Å². The third-order valence-corrected chi connectivity index (χ3v) is 5.49. The van der Waals surface area contributed by atoms with E-state index < -0.39 is 0 Å². The van der Waals surface area contributed by atoms with Gasteiger partial charge in [0.15, 0.2) is 0 Å². The van der Waals surface area contributed by atoms with Crippen LogP contribution in [0.25, 0.3) is 10.8 Å². The summed E-state index contributed by atoms with van der Waals surface area (Å²) in [5.74, 6) is 2.82. The summed E-state index contributed by atoms with van der Waals surface area (Å²) in [6.07, 6.45) is 9.56. The number of hydrogen-bond acceptors (Lipinski definition) is 4. The molecule has 1 aliphatic heterocycles. The molecule has 0 amide bonds. The minimum atomic E-state index is 0.467. The molecule has 0 aliphatic carbocycles. The molecule has 0 radical (unpaired) electrons. The van der Waals surface area contributed by atoms with Gasteiger partial charge in [0.1, 0.15) is 11.6 Å². The van der Waals surface area contributed by atoms with Gasteiger partial charge in [-0.15, -0.1) is 0 Å². The molecule has 1 aliphatic rings. The van der Waals surface area contributed by atoms with Crippen LogP contribution in [0.3, 0.4) is 0 Å². The van der Waals surface area contributed by atoms with E-state index in [1.54, 1.807) is 0 Å². The molecule has 3 aromatic rings. The molecule has 0 saturated carbocycles. The molecule has 0 N–H and O–H groups in total. The van der Waals surface area contributed by atoms with E-state index in [0.29, 0.717) is 5.92 Å². The lowest BCUT2D eigenvalue weighted by molar-refractivity contribution is 0.380. The van der Waals surface area contributed by atoms with Crippen molar-refractivity contribution in [3.63, 3.8) is 0 Å². The van der Waals surface area contributed by atoms with E-state index in [2.05, 4.69) is 65.0 Å². The van der Waals surface area contributed by atoms with Gasteiger partial charge in [-0.1, -0.05) is 24.3 Å². The van der Waals surface area contributed by atoms with Crippen molar-refractivity contribution in [1.82, 2.24) is 19.4 Å². The number of fused-ring (bicyclic) bond motifs is 1. The lowest BCUT2D eigenvalue weighted by Gasteiger charge is -2.34. The predicted octanol–water partition coefficient (Wildman–Crippen LogP) is 3.77. The minimum absolute atomic E-state index is 0.467. The first-order valence-electron chi connectivity index (χ1n) is 9.97. The van der Waals surface area contributed by atoms with Crippen LogP contribution in [0.1, 0.15) is 31.0 Å². The second kappa shape index (κ2) is 8.09. The van der Waals surface area contributed by atoms with Crippen LogP contribution in [-0.2, 0) is 6.54 Å². The van der Waals surface area contributed by atoms with Gasteiger partial charge in [0.05, 0.1) is 0 Å². The Kier molecular flexibility index (Phi) is 5.39. The first-order chi connectivity index (χ1) is 13.2. The summed E-state index contributed by atoms with van der Waals surface area (Å²) in [7, 11) is 4.26. The van der Waals surface area contributed by atoms with Gasteiger partial charge in [-0.05, 0) is 51.4 Å². The Hall–Kier alpha value is -2.40. The highest BCUT2D eigenvalue weighted by Gasteiger charge is 2.26.